The molecule has 0 amide bonds. The summed E-state index contributed by atoms with van der Waals surface area (Å²) in [7, 11) is -3.81. The Morgan fingerprint density at radius 1 is 1.03 bits per heavy atom. The molecule has 158 valence electrons. The molecule has 0 saturated carbocycles. The average Bonchev–Trinajstić information content (AvgIpc) is 3.24. The maximum absolute atomic E-state index is 13.5. The normalized spacial score (nSPS) is 20.8. The van der Waals surface area contributed by atoms with E-state index in [0.29, 0.717) is 24.3 Å². The maximum atomic E-state index is 13.5. The van der Waals surface area contributed by atoms with Crippen molar-refractivity contribution >= 4 is 21.4 Å². The third kappa shape index (κ3) is 4.60. The van der Waals surface area contributed by atoms with E-state index in [1.807, 2.05) is 5.38 Å². The summed E-state index contributed by atoms with van der Waals surface area (Å²) in [5.74, 6) is -2.20. The number of benzene rings is 1. The fourth-order valence-corrected chi connectivity index (χ4v) is 6.04. The van der Waals surface area contributed by atoms with Crippen molar-refractivity contribution in [3.05, 3.63) is 41.4 Å². The van der Waals surface area contributed by atoms with E-state index in [1.54, 1.807) is 6.20 Å². The minimum absolute atomic E-state index is 0.172. The Morgan fingerprint density at radius 2 is 1.76 bits per heavy atom. The summed E-state index contributed by atoms with van der Waals surface area (Å²) >= 11 is 1.49. The number of sulfonamides is 1. The van der Waals surface area contributed by atoms with Crippen molar-refractivity contribution in [3.63, 3.8) is 0 Å². The van der Waals surface area contributed by atoms with Gasteiger partial charge in [-0.1, -0.05) is 11.3 Å². The highest BCUT2D eigenvalue weighted by atomic mass is 32.2. The lowest BCUT2D eigenvalue weighted by atomic mass is 10.00. The summed E-state index contributed by atoms with van der Waals surface area (Å²) in [5, 5.41) is 2.60. The second-order valence-electron chi connectivity index (χ2n) is 7.36. The summed E-state index contributed by atoms with van der Waals surface area (Å²) in [5.41, 5.74) is 0. The van der Waals surface area contributed by atoms with E-state index in [0.717, 1.165) is 57.0 Å². The molecule has 2 aromatic rings. The van der Waals surface area contributed by atoms with Crippen LogP contribution in [0, 0.1) is 11.6 Å². The highest BCUT2D eigenvalue weighted by Crippen LogP contribution is 2.27. The van der Waals surface area contributed by atoms with Gasteiger partial charge in [0.05, 0.1) is 4.90 Å². The summed E-state index contributed by atoms with van der Waals surface area (Å²) in [6, 6.07) is 3.05. The molecule has 2 aliphatic rings. The molecule has 10 heteroatoms. The van der Waals surface area contributed by atoms with E-state index in [-0.39, 0.29) is 11.0 Å². The van der Waals surface area contributed by atoms with Crippen LogP contribution in [0.3, 0.4) is 0 Å². The third-order valence-electron chi connectivity index (χ3n) is 5.62. The van der Waals surface area contributed by atoms with Crippen molar-refractivity contribution in [2.24, 2.45) is 0 Å². The van der Waals surface area contributed by atoms with Gasteiger partial charge in [0, 0.05) is 43.8 Å². The number of nitrogens with zero attached hydrogens (tertiary/aromatic N) is 3. The molecule has 0 N–H and O–H groups in total. The fraction of sp³-hybridized carbons (Fsp3) is 0.526. The molecule has 3 heterocycles. The van der Waals surface area contributed by atoms with Crippen LogP contribution in [0.25, 0.3) is 0 Å². The number of likely N-dealkylation sites (tertiary alicyclic amines) is 1. The molecular formula is C19H23F2N3O3S2. The number of hydrogen-bond donors (Lipinski definition) is 0. The Hall–Kier alpha value is -1.62. The van der Waals surface area contributed by atoms with Gasteiger partial charge in [-0.15, -0.1) is 0 Å². The first-order chi connectivity index (χ1) is 13.9. The predicted molar refractivity (Wildman–Crippen MR) is 105 cm³/mol. The SMILES string of the molecule is O=S(=O)(c1ccc(F)c(F)c1)N1CCC(N2CCC(Oc3nccs3)CC2)CC1. The Morgan fingerprint density at radius 3 is 2.38 bits per heavy atom. The summed E-state index contributed by atoms with van der Waals surface area (Å²) < 4.78 is 59.3. The van der Waals surface area contributed by atoms with Crippen LogP contribution in [0.4, 0.5) is 8.78 Å². The molecule has 2 aliphatic heterocycles. The van der Waals surface area contributed by atoms with Gasteiger partial charge in [-0.2, -0.15) is 4.31 Å². The van der Waals surface area contributed by atoms with E-state index < -0.39 is 21.7 Å². The number of aromatic nitrogens is 1. The zero-order valence-electron chi connectivity index (χ0n) is 15.8. The molecule has 6 nitrogen and oxygen atoms in total. The molecule has 2 fully saturated rings. The molecule has 4 rings (SSSR count). The molecule has 29 heavy (non-hydrogen) atoms. The molecule has 2 saturated heterocycles. The monoisotopic (exact) mass is 443 g/mol. The minimum atomic E-state index is -3.81. The standard InChI is InChI=1S/C19H23F2N3O3S2/c20-17-2-1-16(13-18(17)21)29(25,26)24-10-3-14(4-11-24)23-8-5-15(6-9-23)27-19-22-7-12-28-19/h1-2,7,12-15H,3-6,8-11H2. The maximum Gasteiger partial charge on any atom is 0.273 e. The quantitative estimate of drug-likeness (QED) is 0.711. The smallest absolute Gasteiger partial charge is 0.273 e. The van der Waals surface area contributed by atoms with E-state index >= 15 is 0 Å². The summed E-state index contributed by atoms with van der Waals surface area (Å²) in [4.78, 5) is 6.37. The Bertz CT molecular complexity index is 924. The third-order valence-corrected chi connectivity index (χ3v) is 8.18. The Labute approximate surface area is 173 Å². The van der Waals surface area contributed by atoms with Gasteiger partial charge in [0.15, 0.2) is 11.6 Å². The lowest BCUT2D eigenvalue weighted by Crippen LogP contribution is -2.50. The molecule has 1 aromatic carbocycles. The number of rotatable bonds is 5. The van der Waals surface area contributed by atoms with Crippen LogP contribution in [-0.4, -0.2) is 60.9 Å². The first-order valence-electron chi connectivity index (χ1n) is 9.69. The van der Waals surface area contributed by atoms with Crippen LogP contribution in [0.2, 0.25) is 0 Å². The topological polar surface area (TPSA) is 62.7 Å². The zero-order chi connectivity index (χ0) is 20.4. The lowest BCUT2D eigenvalue weighted by Gasteiger charge is -2.41. The number of ether oxygens (including phenoxy) is 1. The largest absolute Gasteiger partial charge is 0.467 e. The highest BCUT2D eigenvalue weighted by Gasteiger charge is 2.33. The van der Waals surface area contributed by atoms with E-state index in [1.165, 1.54) is 15.6 Å². The van der Waals surface area contributed by atoms with Crippen molar-refractivity contribution in [2.45, 2.75) is 42.7 Å². The van der Waals surface area contributed by atoms with Crippen LogP contribution < -0.4 is 4.74 Å². The lowest BCUT2D eigenvalue weighted by molar-refractivity contribution is 0.0584. The first kappa shape index (κ1) is 20.6. The molecule has 0 spiro atoms. The van der Waals surface area contributed by atoms with Gasteiger partial charge in [-0.3, -0.25) is 0 Å². The van der Waals surface area contributed by atoms with Crippen LogP contribution >= 0.6 is 11.3 Å². The Kier molecular flexibility index (Phi) is 6.14. The van der Waals surface area contributed by atoms with Gasteiger partial charge < -0.3 is 9.64 Å². The predicted octanol–water partition coefficient (Wildman–Crippen LogP) is 3.12. The van der Waals surface area contributed by atoms with Crippen LogP contribution in [-0.2, 0) is 10.0 Å². The van der Waals surface area contributed by atoms with Gasteiger partial charge in [0.25, 0.3) is 5.19 Å². The van der Waals surface area contributed by atoms with Gasteiger partial charge >= 0.3 is 0 Å². The van der Waals surface area contributed by atoms with Gasteiger partial charge in [-0.05, 0) is 43.9 Å². The number of hydrogen-bond acceptors (Lipinski definition) is 6. The number of piperidine rings is 2. The molecule has 0 unspecified atom stereocenters. The van der Waals surface area contributed by atoms with Crippen molar-refractivity contribution < 1.29 is 21.9 Å². The second-order valence-corrected chi connectivity index (χ2v) is 10.2. The zero-order valence-corrected chi connectivity index (χ0v) is 17.5. The van der Waals surface area contributed by atoms with Crippen molar-refractivity contribution in [3.8, 4) is 5.19 Å². The molecule has 0 atom stereocenters. The van der Waals surface area contributed by atoms with E-state index in [9.17, 15) is 17.2 Å². The first-order valence-corrected chi connectivity index (χ1v) is 12.0. The highest BCUT2D eigenvalue weighted by molar-refractivity contribution is 7.89. The van der Waals surface area contributed by atoms with Crippen LogP contribution in [0.5, 0.6) is 5.19 Å². The molecule has 1 aromatic heterocycles. The van der Waals surface area contributed by atoms with E-state index in [2.05, 4.69) is 9.88 Å². The number of thiazole rings is 1. The van der Waals surface area contributed by atoms with E-state index in [4.69, 9.17) is 4.74 Å². The minimum Gasteiger partial charge on any atom is -0.467 e. The van der Waals surface area contributed by atoms with Crippen molar-refractivity contribution in [2.75, 3.05) is 26.2 Å². The van der Waals surface area contributed by atoms with Crippen LogP contribution in [0.1, 0.15) is 25.7 Å². The van der Waals surface area contributed by atoms with Crippen molar-refractivity contribution in [1.82, 2.24) is 14.2 Å². The second kappa shape index (κ2) is 8.63. The molecular weight excluding hydrogens is 420 g/mol. The Balaban J connectivity index is 1.30. The number of halogens is 2. The average molecular weight is 444 g/mol. The van der Waals surface area contributed by atoms with Crippen molar-refractivity contribution in [1.29, 1.82) is 0 Å². The molecule has 0 radical (unpaired) electrons. The molecule has 0 bridgehead atoms. The van der Waals surface area contributed by atoms with Crippen LogP contribution in [0.15, 0.2) is 34.7 Å². The molecule has 0 aliphatic carbocycles. The van der Waals surface area contributed by atoms with Gasteiger partial charge in [-0.25, -0.2) is 22.2 Å². The van der Waals surface area contributed by atoms with Gasteiger partial charge in [0.2, 0.25) is 10.0 Å². The fourth-order valence-electron chi connectivity index (χ4n) is 4.00. The summed E-state index contributed by atoms with van der Waals surface area (Å²) in [6.45, 7) is 2.58. The van der Waals surface area contributed by atoms with Gasteiger partial charge in [0.1, 0.15) is 6.10 Å². The summed E-state index contributed by atoms with van der Waals surface area (Å²) in [6.07, 6.45) is 5.20.